The Morgan fingerprint density at radius 1 is 1.12 bits per heavy atom. The van der Waals surface area contributed by atoms with Crippen LogP contribution >= 0.6 is 23.1 Å². The first-order chi connectivity index (χ1) is 12.5. The van der Waals surface area contributed by atoms with E-state index in [2.05, 4.69) is 16.4 Å². The van der Waals surface area contributed by atoms with Gasteiger partial charge in [-0.3, -0.25) is 9.59 Å². The summed E-state index contributed by atoms with van der Waals surface area (Å²) >= 11 is 3.38. The van der Waals surface area contributed by atoms with Crippen LogP contribution in [0.25, 0.3) is 10.2 Å². The molecule has 1 heterocycles. The molecular formula is C19H19N3O2S2. The second-order valence-electron chi connectivity index (χ2n) is 5.90. The highest BCUT2D eigenvalue weighted by atomic mass is 32.2. The van der Waals surface area contributed by atoms with Crippen LogP contribution in [0.5, 0.6) is 0 Å². The van der Waals surface area contributed by atoms with Gasteiger partial charge in [-0.05, 0) is 29.8 Å². The maximum atomic E-state index is 12.1. The molecule has 0 radical (unpaired) electrons. The molecule has 0 spiro atoms. The van der Waals surface area contributed by atoms with Gasteiger partial charge in [0.25, 0.3) is 5.91 Å². The molecule has 2 amide bonds. The number of nitrogens with one attached hydrogen (secondary N) is 1. The zero-order valence-electron chi connectivity index (χ0n) is 14.6. The number of benzene rings is 2. The summed E-state index contributed by atoms with van der Waals surface area (Å²) in [5.41, 5.74) is 2.69. The first-order valence-electron chi connectivity index (χ1n) is 8.08. The maximum Gasteiger partial charge on any atom is 0.251 e. The number of hydrogen-bond donors (Lipinski definition) is 1. The van der Waals surface area contributed by atoms with Crippen LogP contribution in [0.4, 0.5) is 0 Å². The lowest BCUT2D eigenvalue weighted by molar-refractivity contribution is -0.127. The Morgan fingerprint density at radius 2 is 1.85 bits per heavy atom. The van der Waals surface area contributed by atoms with Crippen LogP contribution in [0.15, 0.2) is 52.9 Å². The Kier molecular flexibility index (Phi) is 5.90. The van der Waals surface area contributed by atoms with Crippen molar-refractivity contribution in [1.82, 2.24) is 15.2 Å². The van der Waals surface area contributed by atoms with Gasteiger partial charge in [0.1, 0.15) is 0 Å². The summed E-state index contributed by atoms with van der Waals surface area (Å²) in [7, 11) is 3.32. The standard InChI is InChI=1S/C19H19N3O2S2/c1-22(2)17(23)11-20-18(24)14-9-7-13(8-10-14)12-25-19-21-15-5-3-4-6-16(15)26-19/h3-10H,11-12H2,1-2H3,(H,20,24). The molecule has 0 bridgehead atoms. The van der Waals surface area contributed by atoms with E-state index in [9.17, 15) is 9.59 Å². The lowest BCUT2D eigenvalue weighted by Gasteiger charge is -2.11. The second-order valence-corrected chi connectivity index (χ2v) is 8.16. The number of fused-ring (bicyclic) bond motifs is 1. The minimum Gasteiger partial charge on any atom is -0.347 e. The highest BCUT2D eigenvalue weighted by Gasteiger charge is 2.09. The molecule has 0 fully saturated rings. The third-order valence-electron chi connectivity index (χ3n) is 3.75. The Balaban J connectivity index is 1.55. The van der Waals surface area contributed by atoms with E-state index in [1.807, 2.05) is 30.3 Å². The lowest BCUT2D eigenvalue weighted by atomic mass is 10.1. The van der Waals surface area contributed by atoms with E-state index in [-0.39, 0.29) is 18.4 Å². The lowest BCUT2D eigenvalue weighted by Crippen LogP contribution is -2.36. The molecule has 2 aromatic carbocycles. The molecule has 0 atom stereocenters. The predicted molar refractivity (Wildman–Crippen MR) is 107 cm³/mol. The molecule has 0 saturated carbocycles. The molecule has 0 aliphatic carbocycles. The van der Waals surface area contributed by atoms with E-state index in [1.165, 1.54) is 9.60 Å². The van der Waals surface area contributed by atoms with Gasteiger partial charge in [-0.1, -0.05) is 36.0 Å². The van der Waals surface area contributed by atoms with E-state index < -0.39 is 0 Å². The monoisotopic (exact) mass is 385 g/mol. The van der Waals surface area contributed by atoms with Gasteiger partial charge in [-0.25, -0.2) is 4.98 Å². The number of carbonyl (C=O) groups excluding carboxylic acids is 2. The first-order valence-corrected chi connectivity index (χ1v) is 9.89. The minimum absolute atomic E-state index is 0.00103. The minimum atomic E-state index is -0.245. The van der Waals surface area contributed by atoms with Gasteiger partial charge in [0.2, 0.25) is 5.91 Å². The highest BCUT2D eigenvalue weighted by molar-refractivity contribution is 8.00. The Hall–Kier alpha value is -2.38. The van der Waals surface area contributed by atoms with Crippen molar-refractivity contribution in [3.63, 3.8) is 0 Å². The summed E-state index contributed by atoms with van der Waals surface area (Å²) < 4.78 is 2.23. The van der Waals surface area contributed by atoms with Gasteiger partial charge in [0, 0.05) is 25.4 Å². The van der Waals surface area contributed by atoms with Crippen molar-refractivity contribution in [2.24, 2.45) is 0 Å². The summed E-state index contributed by atoms with van der Waals surface area (Å²) in [5, 5.41) is 2.63. The zero-order chi connectivity index (χ0) is 18.5. The number of rotatable bonds is 6. The molecule has 1 N–H and O–H groups in total. The average molecular weight is 386 g/mol. The smallest absolute Gasteiger partial charge is 0.251 e. The number of likely N-dealkylation sites (N-methyl/N-ethyl adjacent to an activating group) is 1. The molecule has 0 unspecified atom stereocenters. The molecule has 3 aromatic rings. The number of nitrogens with zero attached hydrogens (tertiary/aromatic N) is 2. The molecule has 134 valence electrons. The predicted octanol–water partition coefficient (Wildman–Crippen LogP) is 3.41. The van der Waals surface area contributed by atoms with Crippen molar-refractivity contribution in [2.75, 3.05) is 20.6 Å². The van der Waals surface area contributed by atoms with Gasteiger partial charge >= 0.3 is 0 Å². The summed E-state index contributed by atoms with van der Waals surface area (Å²) in [4.78, 5) is 29.6. The van der Waals surface area contributed by atoms with E-state index in [0.717, 1.165) is 21.2 Å². The molecule has 0 aliphatic rings. The molecule has 0 aliphatic heterocycles. The summed E-state index contributed by atoms with van der Waals surface area (Å²) in [6, 6.07) is 15.5. The van der Waals surface area contributed by atoms with Crippen LogP contribution in [0.2, 0.25) is 0 Å². The molecule has 7 heteroatoms. The Bertz CT molecular complexity index is 887. The number of amides is 2. The van der Waals surface area contributed by atoms with Crippen molar-refractivity contribution < 1.29 is 9.59 Å². The Labute approximate surface area is 160 Å². The summed E-state index contributed by atoms with van der Waals surface area (Å²) in [6.45, 7) is 0.00103. The number of para-hydroxylation sites is 1. The number of aromatic nitrogens is 1. The fourth-order valence-electron chi connectivity index (χ4n) is 2.23. The van der Waals surface area contributed by atoms with Gasteiger partial charge in [-0.2, -0.15) is 0 Å². The maximum absolute atomic E-state index is 12.1. The van der Waals surface area contributed by atoms with Crippen LogP contribution < -0.4 is 5.32 Å². The van der Waals surface area contributed by atoms with E-state index in [0.29, 0.717) is 5.56 Å². The molecule has 26 heavy (non-hydrogen) atoms. The summed E-state index contributed by atoms with van der Waals surface area (Å²) in [6.07, 6.45) is 0. The number of thioether (sulfide) groups is 1. The van der Waals surface area contributed by atoms with E-state index in [4.69, 9.17) is 0 Å². The fourth-order valence-corrected chi connectivity index (χ4v) is 4.25. The quantitative estimate of drug-likeness (QED) is 0.661. The SMILES string of the molecule is CN(C)C(=O)CNC(=O)c1ccc(CSc2nc3ccccc3s2)cc1. The molecule has 3 rings (SSSR count). The van der Waals surface area contributed by atoms with Gasteiger partial charge in [0.05, 0.1) is 16.8 Å². The van der Waals surface area contributed by atoms with Crippen LogP contribution in [0.3, 0.4) is 0 Å². The average Bonchev–Trinajstić information content (AvgIpc) is 3.07. The van der Waals surface area contributed by atoms with E-state index in [1.54, 1.807) is 49.3 Å². The van der Waals surface area contributed by atoms with Gasteiger partial charge < -0.3 is 10.2 Å². The van der Waals surface area contributed by atoms with Gasteiger partial charge in [0.15, 0.2) is 4.34 Å². The van der Waals surface area contributed by atoms with Crippen molar-refractivity contribution in [1.29, 1.82) is 0 Å². The first kappa shape index (κ1) is 18.4. The van der Waals surface area contributed by atoms with Crippen LogP contribution in [-0.4, -0.2) is 42.3 Å². The van der Waals surface area contributed by atoms with Crippen LogP contribution in [0, 0.1) is 0 Å². The fraction of sp³-hybridized carbons (Fsp3) is 0.211. The van der Waals surface area contributed by atoms with Gasteiger partial charge in [-0.15, -0.1) is 11.3 Å². The highest BCUT2D eigenvalue weighted by Crippen LogP contribution is 2.31. The Morgan fingerprint density at radius 3 is 2.54 bits per heavy atom. The second kappa shape index (κ2) is 8.33. The van der Waals surface area contributed by atoms with Crippen LogP contribution in [-0.2, 0) is 10.5 Å². The van der Waals surface area contributed by atoms with Crippen molar-refractivity contribution in [3.05, 3.63) is 59.7 Å². The largest absolute Gasteiger partial charge is 0.347 e. The normalized spacial score (nSPS) is 10.7. The topological polar surface area (TPSA) is 62.3 Å². The number of thiazole rings is 1. The van der Waals surface area contributed by atoms with Crippen LogP contribution in [0.1, 0.15) is 15.9 Å². The third kappa shape index (κ3) is 4.62. The van der Waals surface area contributed by atoms with Crippen molar-refractivity contribution in [3.8, 4) is 0 Å². The molecule has 5 nitrogen and oxygen atoms in total. The van der Waals surface area contributed by atoms with Crippen molar-refractivity contribution >= 4 is 45.1 Å². The third-order valence-corrected chi connectivity index (χ3v) is 6.00. The molecular weight excluding hydrogens is 366 g/mol. The van der Waals surface area contributed by atoms with E-state index >= 15 is 0 Å². The molecule has 1 aromatic heterocycles. The number of hydrogen-bond acceptors (Lipinski definition) is 5. The summed E-state index contributed by atoms with van der Waals surface area (Å²) in [5.74, 6) is 0.411. The zero-order valence-corrected chi connectivity index (χ0v) is 16.2. The number of carbonyl (C=O) groups is 2. The van der Waals surface area contributed by atoms with Crippen molar-refractivity contribution in [2.45, 2.75) is 10.1 Å². The molecule has 0 saturated heterocycles.